The van der Waals surface area contributed by atoms with Crippen LogP contribution >= 0.6 is 11.8 Å². The Kier molecular flexibility index (Phi) is 4.57. The van der Waals surface area contributed by atoms with Crippen LogP contribution in [-0.2, 0) is 6.42 Å². The highest BCUT2D eigenvalue weighted by Gasteiger charge is 2.25. The summed E-state index contributed by atoms with van der Waals surface area (Å²) in [5, 5.41) is 3.87. The minimum absolute atomic E-state index is 0.426. The maximum atomic E-state index is 4.83. The van der Waals surface area contributed by atoms with E-state index in [1.807, 2.05) is 24.5 Å². The molecule has 4 nitrogen and oxygen atoms in total. The molecule has 1 aliphatic heterocycles. The van der Waals surface area contributed by atoms with Crippen LogP contribution in [0.2, 0.25) is 0 Å². The lowest BCUT2D eigenvalue weighted by Gasteiger charge is -2.31. The zero-order chi connectivity index (χ0) is 15.5. The van der Waals surface area contributed by atoms with Gasteiger partial charge in [-0.05, 0) is 55.7 Å². The molecule has 1 N–H and O–H groups in total. The summed E-state index contributed by atoms with van der Waals surface area (Å²) >= 11 is 2.08. The molecule has 120 valence electrons. The molecule has 2 aromatic heterocycles. The Bertz CT molecular complexity index is 655. The molecule has 23 heavy (non-hydrogen) atoms. The third kappa shape index (κ3) is 3.40. The van der Waals surface area contributed by atoms with E-state index in [-0.39, 0.29) is 0 Å². The third-order valence-electron chi connectivity index (χ3n) is 4.76. The van der Waals surface area contributed by atoms with Gasteiger partial charge >= 0.3 is 0 Å². The number of hydrogen-bond donors (Lipinski definition) is 1. The van der Waals surface area contributed by atoms with E-state index in [1.165, 1.54) is 48.4 Å². The second-order valence-electron chi connectivity index (χ2n) is 6.34. The van der Waals surface area contributed by atoms with E-state index in [0.29, 0.717) is 12.1 Å². The molecule has 0 amide bonds. The van der Waals surface area contributed by atoms with Gasteiger partial charge in [-0.25, -0.2) is 9.97 Å². The minimum Gasteiger partial charge on any atom is -0.307 e. The van der Waals surface area contributed by atoms with E-state index in [4.69, 9.17) is 4.98 Å². The molecule has 3 heterocycles. The van der Waals surface area contributed by atoms with Crippen molar-refractivity contribution >= 4 is 11.8 Å². The van der Waals surface area contributed by atoms with E-state index in [2.05, 4.69) is 27.0 Å². The van der Waals surface area contributed by atoms with Gasteiger partial charge in [-0.3, -0.25) is 4.98 Å². The Morgan fingerprint density at radius 3 is 2.87 bits per heavy atom. The fourth-order valence-corrected chi connectivity index (χ4v) is 4.61. The Morgan fingerprint density at radius 1 is 1.13 bits per heavy atom. The largest absolute Gasteiger partial charge is 0.307 e. The van der Waals surface area contributed by atoms with Gasteiger partial charge in [-0.2, -0.15) is 11.8 Å². The molecule has 0 saturated carbocycles. The highest BCUT2D eigenvalue weighted by atomic mass is 32.2. The van der Waals surface area contributed by atoms with E-state index >= 15 is 0 Å². The molecule has 0 unspecified atom stereocenters. The average Bonchev–Trinajstić information content (AvgIpc) is 2.63. The van der Waals surface area contributed by atoms with Gasteiger partial charge in [-0.15, -0.1) is 0 Å². The van der Waals surface area contributed by atoms with Crippen molar-refractivity contribution in [1.29, 1.82) is 0 Å². The average molecular weight is 326 g/mol. The lowest BCUT2D eigenvalue weighted by molar-refractivity contribution is 0.375. The van der Waals surface area contributed by atoms with Gasteiger partial charge in [0, 0.05) is 47.5 Å². The number of fused-ring (bicyclic) bond motifs is 1. The van der Waals surface area contributed by atoms with E-state index in [0.717, 1.165) is 17.8 Å². The zero-order valence-electron chi connectivity index (χ0n) is 13.2. The van der Waals surface area contributed by atoms with Crippen molar-refractivity contribution in [2.45, 2.75) is 44.2 Å². The number of hydrogen-bond acceptors (Lipinski definition) is 5. The smallest absolute Gasteiger partial charge is 0.160 e. The minimum atomic E-state index is 0.426. The summed E-state index contributed by atoms with van der Waals surface area (Å²) in [7, 11) is 0. The summed E-state index contributed by atoms with van der Waals surface area (Å²) in [5.74, 6) is 3.37. The topological polar surface area (TPSA) is 50.7 Å². The van der Waals surface area contributed by atoms with Gasteiger partial charge < -0.3 is 5.32 Å². The first-order chi connectivity index (χ1) is 11.4. The zero-order valence-corrected chi connectivity index (χ0v) is 14.1. The second-order valence-corrected chi connectivity index (χ2v) is 7.56. The molecule has 0 spiro atoms. The summed E-state index contributed by atoms with van der Waals surface area (Å²) in [6.07, 6.45) is 11.7. The van der Waals surface area contributed by atoms with Crippen LogP contribution in [0.25, 0.3) is 11.4 Å². The predicted molar refractivity (Wildman–Crippen MR) is 94.4 cm³/mol. The molecule has 0 bridgehead atoms. The van der Waals surface area contributed by atoms with Crippen LogP contribution in [0.15, 0.2) is 30.7 Å². The Labute approximate surface area is 141 Å². The molecule has 5 heteroatoms. The summed E-state index contributed by atoms with van der Waals surface area (Å²) in [6, 6.07) is 5.04. The van der Waals surface area contributed by atoms with Crippen LogP contribution in [-0.4, -0.2) is 32.5 Å². The van der Waals surface area contributed by atoms with Crippen LogP contribution in [0.4, 0.5) is 0 Å². The van der Waals surface area contributed by atoms with Crippen LogP contribution in [0.3, 0.4) is 0 Å². The molecule has 1 saturated heterocycles. The summed E-state index contributed by atoms with van der Waals surface area (Å²) < 4.78 is 0. The molecule has 4 rings (SSSR count). The first-order valence-corrected chi connectivity index (χ1v) is 9.65. The molecular weight excluding hydrogens is 304 g/mol. The van der Waals surface area contributed by atoms with Gasteiger partial charge in [0.15, 0.2) is 5.82 Å². The predicted octanol–water partition coefficient (Wildman–Crippen LogP) is 3.40. The van der Waals surface area contributed by atoms with Crippen molar-refractivity contribution in [3.05, 3.63) is 42.0 Å². The monoisotopic (exact) mass is 326 g/mol. The Balaban J connectivity index is 1.56. The van der Waals surface area contributed by atoms with Gasteiger partial charge in [0.25, 0.3) is 0 Å². The number of pyridine rings is 1. The first-order valence-electron chi connectivity index (χ1n) is 8.50. The van der Waals surface area contributed by atoms with Crippen molar-refractivity contribution in [2.24, 2.45) is 0 Å². The molecule has 1 fully saturated rings. The number of nitrogens with zero attached hydrogens (tertiary/aromatic N) is 3. The number of aromatic nitrogens is 3. The van der Waals surface area contributed by atoms with Crippen LogP contribution in [0, 0.1) is 0 Å². The van der Waals surface area contributed by atoms with E-state index in [1.54, 1.807) is 6.20 Å². The number of aryl methyl sites for hydroxylation is 1. The van der Waals surface area contributed by atoms with E-state index in [9.17, 15) is 0 Å². The number of thioether (sulfide) groups is 1. The standard InChI is InChI=1S/C18H22N4S/c1-4-16(21-14-6-9-23-10-7-14)15-12-20-18(22-17(15)5-1)13-3-2-8-19-11-13/h2-3,8,11-12,14,16,21H,1,4-7,9-10H2/t16-/m1/s1. The van der Waals surface area contributed by atoms with E-state index < -0.39 is 0 Å². The molecule has 1 aliphatic carbocycles. The molecule has 0 aromatic carbocycles. The van der Waals surface area contributed by atoms with Crippen molar-refractivity contribution in [3.63, 3.8) is 0 Å². The third-order valence-corrected chi connectivity index (χ3v) is 5.81. The Hall–Kier alpha value is -1.46. The highest BCUT2D eigenvalue weighted by Crippen LogP contribution is 2.31. The van der Waals surface area contributed by atoms with Gasteiger partial charge in [0.05, 0.1) is 0 Å². The summed E-state index contributed by atoms with van der Waals surface area (Å²) in [4.78, 5) is 13.6. The summed E-state index contributed by atoms with van der Waals surface area (Å²) in [5.41, 5.74) is 3.52. The second kappa shape index (κ2) is 6.97. The lowest BCUT2D eigenvalue weighted by atomic mass is 9.91. The lowest BCUT2D eigenvalue weighted by Crippen LogP contribution is -2.37. The van der Waals surface area contributed by atoms with Gasteiger partial charge in [0.2, 0.25) is 0 Å². The number of rotatable bonds is 3. The summed E-state index contributed by atoms with van der Waals surface area (Å²) in [6.45, 7) is 0. The van der Waals surface area contributed by atoms with Crippen molar-refractivity contribution in [3.8, 4) is 11.4 Å². The normalized spacial score (nSPS) is 21.8. The fraction of sp³-hybridized carbons (Fsp3) is 0.500. The fourth-order valence-electron chi connectivity index (χ4n) is 3.50. The number of nitrogens with one attached hydrogen (secondary N) is 1. The SMILES string of the molecule is c1cncc(-c2ncc3c(n2)CCC[C@H]3NC2CCSCC2)c1. The maximum absolute atomic E-state index is 4.83. The maximum Gasteiger partial charge on any atom is 0.160 e. The van der Waals surface area contributed by atoms with Crippen LogP contribution < -0.4 is 5.32 Å². The van der Waals surface area contributed by atoms with Gasteiger partial charge in [0.1, 0.15) is 0 Å². The van der Waals surface area contributed by atoms with Gasteiger partial charge in [-0.1, -0.05) is 0 Å². The van der Waals surface area contributed by atoms with Crippen molar-refractivity contribution in [1.82, 2.24) is 20.3 Å². The molecule has 2 aromatic rings. The quantitative estimate of drug-likeness (QED) is 0.937. The Morgan fingerprint density at radius 2 is 2.04 bits per heavy atom. The molecule has 2 aliphatic rings. The highest BCUT2D eigenvalue weighted by molar-refractivity contribution is 7.99. The first kappa shape index (κ1) is 15.1. The molecular formula is C18H22N4S. The van der Waals surface area contributed by atoms with Crippen molar-refractivity contribution < 1.29 is 0 Å². The van der Waals surface area contributed by atoms with Crippen LogP contribution in [0.1, 0.15) is 43.0 Å². The van der Waals surface area contributed by atoms with Crippen molar-refractivity contribution in [2.75, 3.05) is 11.5 Å². The van der Waals surface area contributed by atoms with Crippen LogP contribution in [0.5, 0.6) is 0 Å². The molecule has 0 radical (unpaired) electrons. The molecule has 1 atom stereocenters.